The molecule has 0 aromatic heterocycles. The van der Waals surface area contributed by atoms with Crippen molar-refractivity contribution in [3.63, 3.8) is 0 Å². The van der Waals surface area contributed by atoms with E-state index in [0.29, 0.717) is 12.2 Å². The fraction of sp³-hybridized carbons (Fsp3) is 1.00. The van der Waals surface area contributed by atoms with Gasteiger partial charge in [0.2, 0.25) is 0 Å². The molecule has 1 unspecified atom stereocenters. The number of ether oxygens (including phenoxy) is 1. The lowest BCUT2D eigenvalue weighted by molar-refractivity contribution is 0.0949. The van der Waals surface area contributed by atoms with Gasteiger partial charge in [0.1, 0.15) is 0 Å². The van der Waals surface area contributed by atoms with Crippen LogP contribution in [0.2, 0.25) is 0 Å². The van der Waals surface area contributed by atoms with Gasteiger partial charge in [0.25, 0.3) is 0 Å². The Labute approximate surface area is 50.0 Å². The van der Waals surface area contributed by atoms with Crippen molar-refractivity contribution in [3.05, 3.63) is 0 Å². The molecule has 1 nitrogen and oxygen atoms in total. The Hall–Kier alpha value is -0.0400. The van der Waals surface area contributed by atoms with Crippen molar-refractivity contribution in [2.24, 2.45) is 5.92 Å². The van der Waals surface area contributed by atoms with Gasteiger partial charge in [-0.2, -0.15) is 0 Å². The van der Waals surface area contributed by atoms with Crippen LogP contribution in [0.5, 0.6) is 0 Å². The lowest BCUT2D eigenvalue weighted by atomic mass is 9.91. The van der Waals surface area contributed by atoms with Crippen LogP contribution in [0.25, 0.3) is 0 Å². The molecule has 2 bridgehead atoms. The summed E-state index contributed by atoms with van der Waals surface area (Å²) in [5, 5.41) is 0. The van der Waals surface area contributed by atoms with E-state index in [9.17, 15) is 0 Å². The minimum Gasteiger partial charge on any atom is -0.375 e. The van der Waals surface area contributed by atoms with E-state index in [0.717, 1.165) is 5.92 Å². The molecule has 0 aromatic rings. The van der Waals surface area contributed by atoms with Gasteiger partial charge >= 0.3 is 0 Å². The number of hydrogen-bond acceptors (Lipinski definition) is 1. The topological polar surface area (TPSA) is 9.23 Å². The van der Waals surface area contributed by atoms with E-state index in [2.05, 4.69) is 6.92 Å². The third kappa shape index (κ3) is 0.510. The summed E-state index contributed by atoms with van der Waals surface area (Å²) in [5.74, 6) is 0.855. The van der Waals surface area contributed by atoms with Gasteiger partial charge in [-0.1, -0.05) is 6.92 Å². The van der Waals surface area contributed by atoms with E-state index < -0.39 is 0 Å². The molecule has 0 amide bonds. The van der Waals surface area contributed by atoms with Crippen LogP contribution in [-0.4, -0.2) is 12.2 Å². The summed E-state index contributed by atoms with van der Waals surface area (Å²) >= 11 is 0. The molecule has 0 spiro atoms. The Morgan fingerprint density at radius 3 is 2.50 bits per heavy atom. The zero-order chi connectivity index (χ0) is 5.56. The smallest absolute Gasteiger partial charge is 0.0606 e. The predicted molar refractivity (Wildman–Crippen MR) is 31.7 cm³/mol. The normalized spacial score (nSPS) is 52.9. The molecule has 2 aliphatic heterocycles. The molecule has 1 heteroatoms. The summed E-state index contributed by atoms with van der Waals surface area (Å²) in [5.41, 5.74) is 0. The van der Waals surface area contributed by atoms with Crippen LogP contribution in [0.3, 0.4) is 0 Å². The summed E-state index contributed by atoms with van der Waals surface area (Å²) in [6, 6.07) is 0. The van der Waals surface area contributed by atoms with Gasteiger partial charge in [-0.25, -0.2) is 0 Å². The average Bonchev–Trinajstić information content (AvgIpc) is 2.23. The first-order chi connectivity index (χ1) is 3.86. The fourth-order valence-corrected chi connectivity index (χ4v) is 1.89. The first-order valence-corrected chi connectivity index (χ1v) is 3.52. The summed E-state index contributed by atoms with van der Waals surface area (Å²) < 4.78 is 5.58. The van der Waals surface area contributed by atoms with Crippen LogP contribution in [0.1, 0.15) is 26.2 Å². The van der Waals surface area contributed by atoms with E-state index >= 15 is 0 Å². The van der Waals surface area contributed by atoms with Crippen LogP contribution < -0.4 is 0 Å². The molecular formula is C7H12O. The molecule has 2 aliphatic rings. The Kier molecular flexibility index (Phi) is 0.884. The van der Waals surface area contributed by atoms with Gasteiger partial charge in [-0.05, 0) is 25.2 Å². The molecule has 8 heavy (non-hydrogen) atoms. The van der Waals surface area contributed by atoms with Crippen molar-refractivity contribution in [3.8, 4) is 0 Å². The van der Waals surface area contributed by atoms with Crippen LogP contribution in [0, 0.1) is 5.92 Å². The molecule has 0 saturated carbocycles. The molecule has 2 heterocycles. The summed E-state index contributed by atoms with van der Waals surface area (Å²) in [6.45, 7) is 2.30. The zero-order valence-electron chi connectivity index (χ0n) is 5.26. The molecule has 2 saturated heterocycles. The van der Waals surface area contributed by atoms with E-state index in [1.165, 1.54) is 19.3 Å². The maximum atomic E-state index is 5.58. The second-order valence-corrected chi connectivity index (χ2v) is 3.09. The summed E-state index contributed by atoms with van der Waals surface area (Å²) in [6.07, 6.45) is 5.26. The highest BCUT2D eigenvalue weighted by Gasteiger charge is 2.37. The van der Waals surface area contributed by atoms with Crippen LogP contribution in [0.4, 0.5) is 0 Å². The number of fused-ring (bicyclic) bond motifs is 2. The Balaban J connectivity index is 2.11. The van der Waals surface area contributed by atoms with Crippen LogP contribution in [-0.2, 0) is 4.74 Å². The molecule has 2 rings (SSSR count). The highest BCUT2D eigenvalue weighted by Crippen LogP contribution is 2.37. The minimum atomic E-state index is 0.639. The highest BCUT2D eigenvalue weighted by atomic mass is 16.5. The fourth-order valence-electron chi connectivity index (χ4n) is 1.89. The third-order valence-corrected chi connectivity index (χ3v) is 2.41. The van der Waals surface area contributed by atoms with Gasteiger partial charge in [0, 0.05) is 0 Å². The minimum absolute atomic E-state index is 0.639. The zero-order valence-corrected chi connectivity index (χ0v) is 5.26. The molecule has 2 fully saturated rings. The van der Waals surface area contributed by atoms with Crippen molar-refractivity contribution in [2.75, 3.05) is 0 Å². The SMILES string of the molecule is C[C@@H]1CC2CC[C@@H]1O2. The third-order valence-electron chi connectivity index (χ3n) is 2.41. The molecule has 0 aromatic carbocycles. The van der Waals surface area contributed by atoms with Gasteiger partial charge in [-0.15, -0.1) is 0 Å². The summed E-state index contributed by atoms with van der Waals surface area (Å²) in [4.78, 5) is 0. The Morgan fingerprint density at radius 2 is 2.25 bits per heavy atom. The van der Waals surface area contributed by atoms with Gasteiger partial charge in [0.15, 0.2) is 0 Å². The van der Waals surface area contributed by atoms with Crippen LogP contribution >= 0.6 is 0 Å². The van der Waals surface area contributed by atoms with Crippen molar-refractivity contribution in [2.45, 2.75) is 38.4 Å². The second kappa shape index (κ2) is 1.47. The van der Waals surface area contributed by atoms with Gasteiger partial charge in [0.05, 0.1) is 12.2 Å². The molecule has 0 radical (unpaired) electrons. The highest BCUT2D eigenvalue weighted by molar-refractivity contribution is 4.86. The lowest BCUT2D eigenvalue weighted by Crippen LogP contribution is -2.11. The van der Waals surface area contributed by atoms with Crippen molar-refractivity contribution in [1.29, 1.82) is 0 Å². The van der Waals surface area contributed by atoms with E-state index in [4.69, 9.17) is 4.74 Å². The van der Waals surface area contributed by atoms with E-state index in [-0.39, 0.29) is 0 Å². The average molecular weight is 112 g/mol. The number of rotatable bonds is 0. The van der Waals surface area contributed by atoms with Gasteiger partial charge < -0.3 is 4.74 Å². The molecule has 0 N–H and O–H groups in total. The number of hydrogen-bond donors (Lipinski definition) is 0. The first-order valence-electron chi connectivity index (χ1n) is 3.52. The first kappa shape index (κ1) is 4.80. The maximum Gasteiger partial charge on any atom is 0.0606 e. The lowest BCUT2D eigenvalue weighted by Gasteiger charge is -2.11. The summed E-state index contributed by atoms with van der Waals surface area (Å²) in [7, 11) is 0. The maximum absolute atomic E-state index is 5.58. The van der Waals surface area contributed by atoms with E-state index in [1.54, 1.807) is 0 Å². The second-order valence-electron chi connectivity index (χ2n) is 3.09. The Bertz CT molecular complexity index is 98.6. The molecule has 0 aliphatic carbocycles. The van der Waals surface area contributed by atoms with E-state index in [1.807, 2.05) is 0 Å². The predicted octanol–water partition coefficient (Wildman–Crippen LogP) is 1.57. The quantitative estimate of drug-likeness (QED) is 0.462. The largest absolute Gasteiger partial charge is 0.375 e. The monoisotopic (exact) mass is 112 g/mol. The van der Waals surface area contributed by atoms with Crippen molar-refractivity contribution < 1.29 is 4.74 Å². The molecule has 46 valence electrons. The standard InChI is InChI=1S/C7H12O/c1-5-4-6-2-3-7(5)8-6/h5-7H,2-4H2,1H3/t5-,6?,7+/m1/s1. The van der Waals surface area contributed by atoms with Gasteiger partial charge in [-0.3, -0.25) is 0 Å². The molecular weight excluding hydrogens is 100 g/mol. The molecule has 3 atom stereocenters. The Morgan fingerprint density at radius 1 is 1.38 bits per heavy atom. The van der Waals surface area contributed by atoms with Crippen molar-refractivity contribution in [1.82, 2.24) is 0 Å². The van der Waals surface area contributed by atoms with Crippen molar-refractivity contribution >= 4 is 0 Å². The van der Waals surface area contributed by atoms with Crippen LogP contribution in [0.15, 0.2) is 0 Å².